The fourth-order valence-corrected chi connectivity index (χ4v) is 14.2. The van der Waals surface area contributed by atoms with Crippen molar-refractivity contribution >= 4 is 89.7 Å². The highest BCUT2D eigenvalue weighted by Crippen LogP contribution is 2.47. The summed E-state index contributed by atoms with van der Waals surface area (Å²) in [5.41, 5.74) is 16.1. The first-order chi connectivity index (χ1) is 37.7. The maximum atomic E-state index is 7.04. The number of rotatable bonds is 3. The minimum atomic E-state index is -0.0584. The monoisotopic (exact) mass is 972 g/mol. The lowest BCUT2D eigenvalue weighted by atomic mass is 9.31. The summed E-state index contributed by atoms with van der Waals surface area (Å²) in [4.78, 5) is 0. The minimum Gasteiger partial charge on any atom is -0.463 e. The molecule has 0 spiro atoms. The Balaban J connectivity index is 0.781. The number of hydrogen-bond donors (Lipinski definition) is 0. The Labute approximate surface area is 438 Å². The molecule has 76 heavy (non-hydrogen) atoms. The van der Waals surface area contributed by atoms with E-state index in [4.69, 9.17) is 18.9 Å². The van der Waals surface area contributed by atoms with Crippen molar-refractivity contribution in [1.82, 2.24) is 9.13 Å². The summed E-state index contributed by atoms with van der Waals surface area (Å²) < 4.78 is 32.5. The van der Waals surface area contributed by atoms with Crippen LogP contribution in [0.2, 0.25) is 0 Å². The Hall–Kier alpha value is -9.39. The molecule has 0 fully saturated rings. The number of ether oxygens (including phenoxy) is 4. The summed E-state index contributed by atoms with van der Waals surface area (Å²) in [7, 11) is 0. The summed E-state index contributed by atoms with van der Waals surface area (Å²) >= 11 is 0. The summed E-state index contributed by atoms with van der Waals surface area (Å²) in [6.07, 6.45) is 17.4. The van der Waals surface area contributed by atoms with Crippen LogP contribution in [0.15, 0.2) is 247 Å². The van der Waals surface area contributed by atoms with Gasteiger partial charge in [0.25, 0.3) is 13.4 Å². The molecule has 2 aromatic heterocycles. The van der Waals surface area contributed by atoms with Crippen molar-refractivity contribution in [2.45, 2.75) is 12.8 Å². The van der Waals surface area contributed by atoms with Gasteiger partial charge >= 0.3 is 0 Å². The molecule has 6 heterocycles. The number of allylic oxidation sites excluding steroid dienone is 10. The standard InChI is InChI=1S/C68H42B2N2O4/c1-2-15-41(16-3-1)71-53-22-10-8-19-45(53)49-34-51-62(37-55(49)71)74-57-24-12-25-58-67(57)69(51)52-35-50-46-20-9-11-23-54(46)72(56(50)38-63(52)75-58)42-31-28-40(29-32-42)48-36-64-66(47-21-7-6-18-44(47)48)70-65-43-17-5-4-14-39(43)30-33-61(65)73-59-26-13-27-60(76-64)68(59)70/h1-11,13-23,25-39,43H,12,24H2. The molecule has 11 aromatic rings. The zero-order chi connectivity index (χ0) is 49.3. The van der Waals surface area contributed by atoms with Crippen molar-refractivity contribution in [3.05, 3.63) is 247 Å². The van der Waals surface area contributed by atoms with Gasteiger partial charge in [-0.15, -0.1) is 0 Å². The van der Waals surface area contributed by atoms with Crippen molar-refractivity contribution in [1.29, 1.82) is 0 Å². The lowest BCUT2D eigenvalue weighted by molar-refractivity contribution is 0.373. The molecule has 0 saturated carbocycles. The van der Waals surface area contributed by atoms with Gasteiger partial charge in [-0.1, -0.05) is 140 Å². The van der Waals surface area contributed by atoms with Gasteiger partial charge in [-0.2, -0.15) is 0 Å². The number of para-hydroxylation sites is 3. The van der Waals surface area contributed by atoms with Crippen LogP contribution in [0.25, 0.3) is 76.9 Å². The maximum Gasteiger partial charge on any atom is 0.260 e. The first-order valence-corrected chi connectivity index (χ1v) is 26.6. The van der Waals surface area contributed by atoms with E-state index in [-0.39, 0.29) is 25.3 Å². The van der Waals surface area contributed by atoms with E-state index in [1.165, 1.54) is 54.2 Å². The molecule has 6 nitrogen and oxygen atoms in total. The molecule has 7 aliphatic rings. The van der Waals surface area contributed by atoms with Crippen LogP contribution in [0, 0.1) is 11.8 Å². The van der Waals surface area contributed by atoms with Crippen molar-refractivity contribution in [2.75, 3.05) is 0 Å². The van der Waals surface area contributed by atoms with Crippen LogP contribution in [0.5, 0.6) is 28.7 Å². The highest BCUT2D eigenvalue weighted by Gasteiger charge is 2.47. The van der Waals surface area contributed by atoms with E-state index < -0.39 is 0 Å². The second kappa shape index (κ2) is 15.1. The second-order valence-corrected chi connectivity index (χ2v) is 21.2. The van der Waals surface area contributed by atoms with Gasteiger partial charge in [-0.05, 0) is 117 Å². The largest absolute Gasteiger partial charge is 0.463 e. The lowest BCUT2D eigenvalue weighted by Crippen LogP contribution is -2.54. The average Bonchev–Trinajstić information content (AvgIpc) is 4.07. The van der Waals surface area contributed by atoms with Crippen molar-refractivity contribution < 1.29 is 18.9 Å². The molecule has 354 valence electrons. The van der Waals surface area contributed by atoms with Crippen molar-refractivity contribution in [3.63, 3.8) is 0 Å². The first-order valence-electron chi connectivity index (χ1n) is 26.6. The number of nitrogens with zero attached hydrogens (tertiary/aromatic N) is 2. The van der Waals surface area contributed by atoms with E-state index in [0.717, 1.165) is 114 Å². The van der Waals surface area contributed by atoms with Gasteiger partial charge in [0.15, 0.2) is 0 Å². The van der Waals surface area contributed by atoms with Gasteiger partial charge in [0, 0.05) is 74.2 Å². The Morgan fingerprint density at radius 1 is 0.447 bits per heavy atom. The van der Waals surface area contributed by atoms with Gasteiger partial charge < -0.3 is 28.1 Å². The van der Waals surface area contributed by atoms with Crippen LogP contribution in [0.3, 0.4) is 0 Å². The predicted octanol–water partition coefficient (Wildman–Crippen LogP) is 13.4. The van der Waals surface area contributed by atoms with Gasteiger partial charge in [-0.3, -0.25) is 0 Å². The lowest BCUT2D eigenvalue weighted by Gasteiger charge is -2.40. The fourth-order valence-electron chi connectivity index (χ4n) is 14.2. The number of aromatic nitrogens is 2. The SMILES string of the molecule is C1=CC2C=CC3=C(B4c5c(cccc5Oc5cc(-c6ccc(-n7c8ccccc8c8cc9c(cc87)OC7=CCCC8=C7B9c7cc9c%10ccccc%10n(-c%10ccccc%10)c9cc7O8)cc6)c6ccccc6c54)O3)C2C=C1. The van der Waals surface area contributed by atoms with Crippen molar-refractivity contribution in [2.24, 2.45) is 11.8 Å². The van der Waals surface area contributed by atoms with Crippen LogP contribution in [0.4, 0.5) is 0 Å². The smallest absolute Gasteiger partial charge is 0.260 e. The Kier molecular flexibility index (Phi) is 8.16. The summed E-state index contributed by atoms with van der Waals surface area (Å²) in [5, 5.41) is 7.21. The van der Waals surface area contributed by atoms with Gasteiger partial charge in [0.1, 0.15) is 46.0 Å². The van der Waals surface area contributed by atoms with E-state index in [0.29, 0.717) is 0 Å². The molecule has 3 aliphatic carbocycles. The summed E-state index contributed by atoms with van der Waals surface area (Å²) in [5.74, 6) is 7.75. The number of hydrogen-bond acceptors (Lipinski definition) is 4. The van der Waals surface area contributed by atoms with E-state index >= 15 is 0 Å². The fraction of sp³-hybridized carbons (Fsp3) is 0.0588. The number of benzene rings is 9. The molecule has 9 aromatic carbocycles. The Morgan fingerprint density at radius 2 is 1.09 bits per heavy atom. The predicted molar refractivity (Wildman–Crippen MR) is 309 cm³/mol. The third-order valence-electron chi connectivity index (χ3n) is 17.4. The highest BCUT2D eigenvalue weighted by atomic mass is 16.5. The molecule has 0 radical (unpaired) electrons. The third kappa shape index (κ3) is 5.52. The van der Waals surface area contributed by atoms with E-state index in [9.17, 15) is 0 Å². The first kappa shape index (κ1) is 41.0. The van der Waals surface area contributed by atoms with Crippen molar-refractivity contribution in [3.8, 4) is 51.2 Å². The van der Waals surface area contributed by atoms with Gasteiger partial charge in [0.05, 0.1) is 22.1 Å². The van der Waals surface area contributed by atoms with E-state index in [1.54, 1.807) is 0 Å². The van der Waals surface area contributed by atoms with E-state index in [1.807, 2.05) is 6.07 Å². The third-order valence-corrected chi connectivity index (χ3v) is 17.4. The normalized spacial score (nSPS) is 18.1. The molecule has 2 unspecified atom stereocenters. The molecule has 2 atom stereocenters. The van der Waals surface area contributed by atoms with Crippen LogP contribution in [-0.4, -0.2) is 22.6 Å². The maximum absolute atomic E-state index is 7.04. The topological polar surface area (TPSA) is 46.8 Å². The molecular formula is C68H42B2N2O4. The summed E-state index contributed by atoms with van der Waals surface area (Å²) in [6.45, 7) is -0.0695. The number of fused-ring (bicyclic) bond motifs is 17. The minimum absolute atomic E-state index is 0.0111. The zero-order valence-corrected chi connectivity index (χ0v) is 41.0. The van der Waals surface area contributed by atoms with Crippen LogP contribution >= 0.6 is 0 Å². The Morgan fingerprint density at radius 3 is 1.84 bits per heavy atom. The Bertz CT molecular complexity index is 4670. The molecular weight excluding hydrogens is 930 g/mol. The van der Waals surface area contributed by atoms with E-state index in [2.05, 4.69) is 222 Å². The molecule has 0 saturated heterocycles. The van der Waals surface area contributed by atoms with Crippen LogP contribution in [-0.2, 0) is 0 Å². The van der Waals surface area contributed by atoms with Gasteiger partial charge in [0.2, 0.25) is 0 Å². The van der Waals surface area contributed by atoms with Gasteiger partial charge in [-0.25, -0.2) is 0 Å². The quantitative estimate of drug-likeness (QED) is 0.166. The molecule has 0 amide bonds. The molecule has 4 aliphatic heterocycles. The molecule has 18 rings (SSSR count). The highest BCUT2D eigenvalue weighted by molar-refractivity contribution is 6.95. The average molecular weight is 973 g/mol. The van der Waals surface area contributed by atoms with Crippen LogP contribution in [0.1, 0.15) is 12.8 Å². The molecule has 0 N–H and O–H groups in total. The van der Waals surface area contributed by atoms with Crippen LogP contribution < -0.4 is 40.8 Å². The molecule has 0 bridgehead atoms. The molecule has 8 heteroatoms. The summed E-state index contributed by atoms with van der Waals surface area (Å²) in [6, 6.07) is 64.1. The zero-order valence-electron chi connectivity index (χ0n) is 41.0. The second-order valence-electron chi connectivity index (χ2n) is 21.2.